The highest BCUT2D eigenvalue weighted by molar-refractivity contribution is 5.77. The number of nitrogens with zero attached hydrogens (tertiary/aromatic N) is 3. The number of carbonyl (C=O) groups excluding carboxylic acids is 1. The zero-order chi connectivity index (χ0) is 19.9. The Balaban J connectivity index is 1.52. The molecule has 0 radical (unpaired) electrons. The summed E-state index contributed by atoms with van der Waals surface area (Å²) < 4.78 is 5.63. The molecule has 152 valence electrons. The van der Waals surface area contributed by atoms with Crippen LogP contribution in [0.4, 0.5) is 0 Å². The third-order valence-corrected chi connectivity index (χ3v) is 5.35. The highest BCUT2D eigenvalue weighted by Crippen LogP contribution is 2.27. The molecule has 1 unspecified atom stereocenters. The maximum atomic E-state index is 12.6. The van der Waals surface area contributed by atoms with E-state index in [1.54, 1.807) is 6.92 Å². The van der Waals surface area contributed by atoms with E-state index in [2.05, 4.69) is 34.3 Å². The van der Waals surface area contributed by atoms with Gasteiger partial charge in [-0.2, -0.15) is 0 Å². The fraction of sp³-hybridized carbons (Fsp3) is 0.591. The first-order valence-electron chi connectivity index (χ1n) is 10.3. The van der Waals surface area contributed by atoms with Gasteiger partial charge in [-0.3, -0.25) is 4.79 Å². The summed E-state index contributed by atoms with van der Waals surface area (Å²) in [6.07, 6.45) is 2.62. The van der Waals surface area contributed by atoms with Crippen LogP contribution in [0.3, 0.4) is 0 Å². The number of aromatic nitrogens is 2. The lowest BCUT2D eigenvalue weighted by molar-refractivity contribution is -0.121. The van der Waals surface area contributed by atoms with Gasteiger partial charge in [-0.25, -0.2) is 0 Å². The monoisotopic (exact) mass is 384 g/mol. The summed E-state index contributed by atoms with van der Waals surface area (Å²) in [5.74, 6) is 2.11. The number of hydrogen-bond donors (Lipinski definition) is 1. The van der Waals surface area contributed by atoms with Crippen LogP contribution in [0.1, 0.15) is 56.4 Å². The van der Waals surface area contributed by atoms with Gasteiger partial charge in [0.15, 0.2) is 0 Å². The summed E-state index contributed by atoms with van der Waals surface area (Å²) in [4.78, 5) is 15.2. The largest absolute Gasteiger partial charge is 0.425 e. The molecule has 0 saturated carbocycles. The minimum Gasteiger partial charge on any atom is -0.425 e. The van der Waals surface area contributed by atoms with Crippen molar-refractivity contribution in [2.45, 2.75) is 46.0 Å². The fourth-order valence-corrected chi connectivity index (χ4v) is 3.89. The van der Waals surface area contributed by atoms with Crippen molar-refractivity contribution >= 4 is 5.91 Å². The molecule has 1 aromatic heterocycles. The molecule has 0 spiro atoms. The van der Waals surface area contributed by atoms with E-state index in [1.165, 1.54) is 6.54 Å². The number of nitrogens with one attached hydrogen (secondary N) is 1. The Bertz CT molecular complexity index is 736. The molecule has 1 aliphatic rings. The van der Waals surface area contributed by atoms with Crippen LogP contribution in [-0.4, -0.2) is 47.2 Å². The predicted octanol–water partition coefficient (Wildman–Crippen LogP) is 3.38. The normalized spacial score (nSPS) is 17.0. The molecule has 1 aromatic carbocycles. The van der Waals surface area contributed by atoms with E-state index >= 15 is 0 Å². The lowest BCUT2D eigenvalue weighted by atomic mass is 9.94. The van der Waals surface area contributed by atoms with Crippen LogP contribution >= 0.6 is 0 Å². The molecule has 6 heteroatoms. The molecule has 1 fully saturated rings. The van der Waals surface area contributed by atoms with Crippen molar-refractivity contribution in [3.8, 4) is 0 Å². The highest BCUT2D eigenvalue weighted by atomic mass is 16.4. The zero-order valence-corrected chi connectivity index (χ0v) is 17.2. The van der Waals surface area contributed by atoms with Crippen LogP contribution in [0.2, 0.25) is 0 Å². The third kappa shape index (κ3) is 5.89. The second-order valence-corrected chi connectivity index (χ2v) is 8.27. The van der Waals surface area contributed by atoms with E-state index in [-0.39, 0.29) is 11.8 Å². The molecule has 28 heavy (non-hydrogen) atoms. The minimum absolute atomic E-state index is 0.0364. The van der Waals surface area contributed by atoms with Crippen molar-refractivity contribution in [3.63, 3.8) is 0 Å². The number of amides is 1. The van der Waals surface area contributed by atoms with E-state index in [0.717, 1.165) is 38.0 Å². The smallest absolute Gasteiger partial charge is 0.224 e. The van der Waals surface area contributed by atoms with Crippen molar-refractivity contribution < 1.29 is 9.21 Å². The number of carbonyl (C=O) groups is 1. The Morgan fingerprint density at radius 3 is 2.54 bits per heavy atom. The maximum Gasteiger partial charge on any atom is 0.224 e. The fourth-order valence-electron chi connectivity index (χ4n) is 3.89. The van der Waals surface area contributed by atoms with Gasteiger partial charge in [0.25, 0.3) is 0 Å². The number of hydrogen-bond acceptors (Lipinski definition) is 5. The first-order chi connectivity index (χ1) is 13.5. The summed E-state index contributed by atoms with van der Waals surface area (Å²) in [5.41, 5.74) is 1.02. The quantitative estimate of drug-likeness (QED) is 0.755. The van der Waals surface area contributed by atoms with Gasteiger partial charge in [-0.15, -0.1) is 10.2 Å². The lowest BCUT2D eigenvalue weighted by Crippen LogP contribution is -2.40. The number of piperidine rings is 1. The van der Waals surface area contributed by atoms with Crippen LogP contribution in [0.5, 0.6) is 0 Å². The average molecular weight is 385 g/mol. The number of rotatable bonds is 8. The summed E-state index contributed by atoms with van der Waals surface area (Å²) in [6.45, 7) is 10.5. The molecule has 1 aliphatic heterocycles. The van der Waals surface area contributed by atoms with Gasteiger partial charge in [0.05, 0.1) is 5.92 Å². The van der Waals surface area contributed by atoms with Gasteiger partial charge in [0.2, 0.25) is 17.7 Å². The SMILES string of the molecule is Cc1nnc(C(CC(=O)NCC2CCN(CC(C)C)CC2)c2ccccc2)o1. The second-order valence-electron chi connectivity index (χ2n) is 8.27. The van der Waals surface area contributed by atoms with Crippen LogP contribution in [0, 0.1) is 18.8 Å². The Labute approximate surface area is 167 Å². The van der Waals surface area contributed by atoms with E-state index in [1.807, 2.05) is 30.3 Å². The van der Waals surface area contributed by atoms with Crippen molar-refractivity contribution in [2.24, 2.45) is 11.8 Å². The third-order valence-electron chi connectivity index (χ3n) is 5.35. The number of benzene rings is 1. The molecule has 6 nitrogen and oxygen atoms in total. The standard InChI is InChI=1S/C22H32N4O2/c1-16(2)15-26-11-9-18(10-12-26)14-23-21(27)13-20(19-7-5-4-6-8-19)22-25-24-17(3)28-22/h4-8,16,18,20H,9-15H2,1-3H3,(H,23,27). The van der Waals surface area contributed by atoms with Gasteiger partial charge in [0.1, 0.15) is 0 Å². The Morgan fingerprint density at radius 2 is 1.93 bits per heavy atom. The number of likely N-dealkylation sites (tertiary alicyclic amines) is 1. The molecular formula is C22H32N4O2. The molecule has 2 heterocycles. The van der Waals surface area contributed by atoms with Crippen molar-refractivity contribution in [1.82, 2.24) is 20.4 Å². The van der Waals surface area contributed by atoms with Crippen LogP contribution in [0.15, 0.2) is 34.7 Å². The molecule has 1 atom stereocenters. The van der Waals surface area contributed by atoms with Crippen molar-refractivity contribution in [3.05, 3.63) is 47.7 Å². The maximum absolute atomic E-state index is 12.6. The van der Waals surface area contributed by atoms with Gasteiger partial charge in [-0.1, -0.05) is 44.2 Å². The predicted molar refractivity (Wildman–Crippen MR) is 109 cm³/mol. The Morgan fingerprint density at radius 1 is 1.21 bits per heavy atom. The topological polar surface area (TPSA) is 71.3 Å². The summed E-state index contributed by atoms with van der Waals surface area (Å²) in [5, 5.41) is 11.2. The molecule has 1 amide bonds. The van der Waals surface area contributed by atoms with E-state index in [9.17, 15) is 4.79 Å². The van der Waals surface area contributed by atoms with E-state index < -0.39 is 0 Å². The first kappa shape index (κ1) is 20.5. The van der Waals surface area contributed by atoms with Gasteiger partial charge < -0.3 is 14.6 Å². The van der Waals surface area contributed by atoms with Gasteiger partial charge >= 0.3 is 0 Å². The molecular weight excluding hydrogens is 352 g/mol. The molecule has 1 N–H and O–H groups in total. The molecule has 3 rings (SSSR count). The molecule has 1 saturated heterocycles. The van der Waals surface area contributed by atoms with E-state index in [4.69, 9.17) is 4.42 Å². The van der Waals surface area contributed by atoms with Gasteiger partial charge in [-0.05, 0) is 43.3 Å². The second kappa shape index (κ2) is 9.82. The molecule has 2 aromatic rings. The molecule has 0 bridgehead atoms. The Kier molecular flexibility index (Phi) is 7.20. The van der Waals surface area contributed by atoms with Crippen LogP contribution < -0.4 is 5.32 Å². The van der Waals surface area contributed by atoms with E-state index in [0.29, 0.717) is 30.0 Å². The number of aryl methyl sites for hydroxylation is 1. The van der Waals surface area contributed by atoms with Crippen molar-refractivity contribution in [2.75, 3.05) is 26.2 Å². The summed E-state index contributed by atoms with van der Waals surface area (Å²) in [7, 11) is 0. The van der Waals surface area contributed by atoms with Crippen LogP contribution in [0.25, 0.3) is 0 Å². The zero-order valence-electron chi connectivity index (χ0n) is 17.2. The Hall–Kier alpha value is -2.21. The highest BCUT2D eigenvalue weighted by Gasteiger charge is 2.25. The first-order valence-corrected chi connectivity index (χ1v) is 10.3. The van der Waals surface area contributed by atoms with Crippen LogP contribution in [-0.2, 0) is 4.79 Å². The van der Waals surface area contributed by atoms with Crippen molar-refractivity contribution in [1.29, 1.82) is 0 Å². The summed E-state index contributed by atoms with van der Waals surface area (Å²) in [6, 6.07) is 9.90. The molecule has 0 aliphatic carbocycles. The summed E-state index contributed by atoms with van der Waals surface area (Å²) >= 11 is 0. The average Bonchev–Trinajstić information content (AvgIpc) is 3.12. The minimum atomic E-state index is -0.213. The van der Waals surface area contributed by atoms with Gasteiger partial charge in [0, 0.05) is 26.4 Å². The lowest BCUT2D eigenvalue weighted by Gasteiger charge is -2.33.